The average molecular weight is 193 g/mol. The first kappa shape index (κ1) is 8.47. The van der Waals surface area contributed by atoms with Gasteiger partial charge in [0.1, 0.15) is 0 Å². The van der Waals surface area contributed by atoms with Gasteiger partial charge in [-0.3, -0.25) is 0 Å². The molecule has 0 saturated carbocycles. The van der Waals surface area contributed by atoms with Gasteiger partial charge in [0.2, 0.25) is 0 Å². The molecule has 0 aliphatic carbocycles. The molecule has 0 aromatic carbocycles. The maximum Gasteiger partial charge on any atom is 0.0991 e. The van der Waals surface area contributed by atoms with Gasteiger partial charge in [0.25, 0.3) is 0 Å². The molecule has 13 heavy (non-hydrogen) atoms. The van der Waals surface area contributed by atoms with Crippen LogP contribution in [0.25, 0.3) is 5.69 Å². The van der Waals surface area contributed by atoms with Crippen molar-refractivity contribution in [2.75, 3.05) is 7.05 Å². The molecule has 0 fully saturated rings. The normalized spacial score (nSPS) is 10.5. The van der Waals surface area contributed by atoms with Crippen LogP contribution in [0, 0.1) is 0 Å². The second-order valence-electron chi connectivity index (χ2n) is 2.77. The third-order valence-electron chi connectivity index (χ3n) is 1.79. The number of imidazole rings is 1. The number of aromatic nitrogens is 2. The molecule has 68 valence electrons. The van der Waals surface area contributed by atoms with Gasteiger partial charge in [-0.25, -0.2) is 4.98 Å². The van der Waals surface area contributed by atoms with E-state index in [-0.39, 0.29) is 0 Å². The summed E-state index contributed by atoms with van der Waals surface area (Å²) >= 11 is 1.76. The van der Waals surface area contributed by atoms with Crippen LogP contribution < -0.4 is 5.32 Å². The Kier molecular flexibility index (Phi) is 2.42. The zero-order valence-corrected chi connectivity index (χ0v) is 8.21. The third kappa shape index (κ3) is 1.79. The molecule has 4 heteroatoms. The maximum absolute atomic E-state index is 4.01. The molecule has 0 unspecified atom stereocenters. The SMILES string of the molecule is CNCc1cc(-n2ccnc2)cs1. The Morgan fingerprint density at radius 3 is 3.23 bits per heavy atom. The van der Waals surface area contributed by atoms with Crippen LogP contribution in [-0.4, -0.2) is 16.6 Å². The van der Waals surface area contributed by atoms with Crippen molar-refractivity contribution in [1.29, 1.82) is 0 Å². The lowest BCUT2D eigenvalue weighted by molar-refractivity contribution is 0.830. The van der Waals surface area contributed by atoms with Crippen molar-refractivity contribution in [3.63, 3.8) is 0 Å². The Hall–Kier alpha value is -1.13. The van der Waals surface area contributed by atoms with Crippen molar-refractivity contribution in [3.8, 4) is 5.69 Å². The number of thiophene rings is 1. The molecular weight excluding hydrogens is 182 g/mol. The fourth-order valence-corrected chi connectivity index (χ4v) is 2.06. The molecule has 2 rings (SSSR count). The summed E-state index contributed by atoms with van der Waals surface area (Å²) in [5.41, 5.74) is 1.19. The topological polar surface area (TPSA) is 29.9 Å². The molecular formula is C9H11N3S. The summed E-state index contributed by atoms with van der Waals surface area (Å²) in [7, 11) is 1.95. The van der Waals surface area contributed by atoms with Crippen molar-refractivity contribution < 1.29 is 0 Å². The van der Waals surface area contributed by atoms with Gasteiger partial charge in [-0.15, -0.1) is 11.3 Å². The first-order valence-corrected chi connectivity index (χ1v) is 4.98. The van der Waals surface area contributed by atoms with Gasteiger partial charge in [-0.2, -0.15) is 0 Å². The summed E-state index contributed by atoms with van der Waals surface area (Å²) in [6.07, 6.45) is 5.55. The van der Waals surface area contributed by atoms with Crippen LogP contribution in [-0.2, 0) is 6.54 Å². The van der Waals surface area contributed by atoms with Crippen LogP contribution in [0.15, 0.2) is 30.2 Å². The molecule has 0 amide bonds. The predicted octanol–water partition coefficient (Wildman–Crippen LogP) is 1.65. The summed E-state index contributed by atoms with van der Waals surface area (Å²) in [5, 5.41) is 5.26. The largest absolute Gasteiger partial charge is 0.315 e. The van der Waals surface area contributed by atoms with E-state index in [2.05, 4.69) is 21.7 Å². The molecule has 3 nitrogen and oxygen atoms in total. The second-order valence-corrected chi connectivity index (χ2v) is 3.77. The van der Waals surface area contributed by atoms with Crippen LogP contribution in [0.2, 0.25) is 0 Å². The lowest BCUT2D eigenvalue weighted by Gasteiger charge is -1.94. The van der Waals surface area contributed by atoms with E-state index in [1.54, 1.807) is 17.5 Å². The Labute approximate surface area is 81.0 Å². The van der Waals surface area contributed by atoms with Crippen LogP contribution in [0.3, 0.4) is 0 Å². The van der Waals surface area contributed by atoms with Gasteiger partial charge in [0.05, 0.1) is 12.0 Å². The van der Waals surface area contributed by atoms with E-state index < -0.39 is 0 Å². The Morgan fingerprint density at radius 1 is 1.62 bits per heavy atom. The van der Waals surface area contributed by atoms with Crippen LogP contribution in [0.5, 0.6) is 0 Å². The molecule has 0 aliphatic rings. The van der Waals surface area contributed by atoms with Gasteiger partial charge in [0.15, 0.2) is 0 Å². The van der Waals surface area contributed by atoms with Crippen molar-refractivity contribution >= 4 is 11.3 Å². The monoisotopic (exact) mass is 193 g/mol. The molecule has 2 aromatic rings. The van der Waals surface area contributed by atoms with E-state index in [4.69, 9.17) is 0 Å². The molecule has 0 radical (unpaired) electrons. The molecule has 0 aliphatic heterocycles. The highest BCUT2D eigenvalue weighted by molar-refractivity contribution is 7.10. The fourth-order valence-electron chi connectivity index (χ4n) is 1.18. The first-order valence-electron chi connectivity index (χ1n) is 4.10. The molecule has 0 saturated heterocycles. The standard InChI is InChI=1S/C9H11N3S/c1-10-5-9-4-8(6-13-9)12-3-2-11-7-12/h2-4,6-7,10H,5H2,1H3. The minimum absolute atomic E-state index is 0.930. The molecule has 1 N–H and O–H groups in total. The zero-order valence-electron chi connectivity index (χ0n) is 7.40. The number of nitrogens with zero attached hydrogens (tertiary/aromatic N) is 2. The van der Waals surface area contributed by atoms with E-state index in [0.717, 1.165) is 6.54 Å². The Balaban J connectivity index is 2.23. The van der Waals surface area contributed by atoms with E-state index in [9.17, 15) is 0 Å². The predicted molar refractivity (Wildman–Crippen MR) is 54.2 cm³/mol. The number of rotatable bonds is 3. The zero-order chi connectivity index (χ0) is 9.10. The van der Waals surface area contributed by atoms with Crippen LogP contribution in [0.4, 0.5) is 0 Å². The number of nitrogens with one attached hydrogen (secondary N) is 1. The second kappa shape index (κ2) is 3.72. The van der Waals surface area contributed by atoms with E-state index in [1.807, 2.05) is 24.1 Å². The number of hydrogen-bond acceptors (Lipinski definition) is 3. The van der Waals surface area contributed by atoms with Crippen molar-refractivity contribution in [2.24, 2.45) is 0 Å². The minimum atomic E-state index is 0.930. The average Bonchev–Trinajstić information content (AvgIpc) is 2.70. The van der Waals surface area contributed by atoms with Gasteiger partial charge in [-0.1, -0.05) is 0 Å². The van der Waals surface area contributed by atoms with Crippen molar-refractivity contribution in [2.45, 2.75) is 6.54 Å². The van der Waals surface area contributed by atoms with Crippen molar-refractivity contribution in [3.05, 3.63) is 35.0 Å². The lowest BCUT2D eigenvalue weighted by Crippen LogP contribution is -2.02. The van der Waals surface area contributed by atoms with Crippen LogP contribution >= 0.6 is 11.3 Å². The van der Waals surface area contributed by atoms with E-state index in [1.165, 1.54) is 10.6 Å². The van der Waals surface area contributed by atoms with Gasteiger partial charge in [0, 0.05) is 29.2 Å². The quantitative estimate of drug-likeness (QED) is 0.803. The minimum Gasteiger partial charge on any atom is -0.315 e. The molecule has 0 spiro atoms. The summed E-state index contributed by atoms with van der Waals surface area (Å²) in [4.78, 5) is 5.34. The third-order valence-corrected chi connectivity index (χ3v) is 2.72. The van der Waals surface area contributed by atoms with Crippen molar-refractivity contribution in [1.82, 2.24) is 14.9 Å². The highest BCUT2D eigenvalue weighted by atomic mass is 32.1. The van der Waals surface area contributed by atoms with E-state index in [0.29, 0.717) is 0 Å². The Morgan fingerprint density at radius 2 is 2.54 bits per heavy atom. The summed E-state index contributed by atoms with van der Waals surface area (Å²) in [6, 6.07) is 2.17. The van der Waals surface area contributed by atoms with Gasteiger partial charge < -0.3 is 9.88 Å². The summed E-state index contributed by atoms with van der Waals surface area (Å²) in [6.45, 7) is 0.930. The van der Waals surface area contributed by atoms with Gasteiger partial charge >= 0.3 is 0 Å². The lowest BCUT2D eigenvalue weighted by atomic mass is 10.4. The molecule has 0 atom stereocenters. The fraction of sp³-hybridized carbons (Fsp3) is 0.222. The maximum atomic E-state index is 4.01. The molecule has 2 aromatic heterocycles. The van der Waals surface area contributed by atoms with E-state index >= 15 is 0 Å². The van der Waals surface area contributed by atoms with Gasteiger partial charge in [-0.05, 0) is 13.1 Å². The highest BCUT2D eigenvalue weighted by Crippen LogP contribution is 2.17. The smallest absolute Gasteiger partial charge is 0.0991 e. The van der Waals surface area contributed by atoms with Crippen LogP contribution in [0.1, 0.15) is 4.88 Å². The molecule has 0 bridgehead atoms. The number of hydrogen-bond donors (Lipinski definition) is 1. The Bertz CT molecular complexity index is 364. The summed E-state index contributed by atoms with van der Waals surface area (Å²) in [5.74, 6) is 0. The first-order chi connectivity index (χ1) is 6.40. The highest BCUT2D eigenvalue weighted by Gasteiger charge is 1.99. The summed E-state index contributed by atoms with van der Waals surface area (Å²) < 4.78 is 2.01. The molecule has 2 heterocycles.